The quantitative estimate of drug-likeness (QED) is 0.125. The number of imidazole rings is 1. The van der Waals surface area contributed by atoms with Gasteiger partial charge in [-0.1, -0.05) is 24.3 Å². The van der Waals surface area contributed by atoms with E-state index >= 15 is 4.39 Å². The molecule has 0 aliphatic carbocycles. The van der Waals surface area contributed by atoms with Crippen molar-refractivity contribution < 1.29 is 28.7 Å². The number of nitrogens with zero attached hydrogens (tertiary/aromatic N) is 7. The molecule has 3 atom stereocenters. The molecule has 0 saturated carbocycles. The first-order valence-electron chi connectivity index (χ1n) is 22.2. The van der Waals surface area contributed by atoms with E-state index in [1.54, 1.807) is 24.0 Å². The molecule has 332 valence electrons. The van der Waals surface area contributed by atoms with E-state index < -0.39 is 35.9 Å². The van der Waals surface area contributed by atoms with Gasteiger partial charge in [-0.2, -0.15) is 0 Å². The Morgan fingerprint density at radius 3 is 2.42 bits per heavy atom. The molecule has 15 nitrogen and oxygen atoms in total. The molecule has 0 spiro atoms. The Hall–Kier alpha value is -6.01. The van der Waals surface area contributed by atoms with Crippen molar-refractivity contribution in [1.82, 2.24) is 34.6 Å². The lowest BCUT2D eigenvalue weighted by atomic mass is 9.89. The SMILES string of the molecule is O=C1CC[C@@H](Nc2ccc(C3CCN(CC(O)N4CCN(c5ccc(-c6cc(F)c7c(c6)C(=O)N(C(C(=O)Nc6nccs6)c6ncn8c6CCC8)C7)cc5)CC4)CC3)cc2)C(=O)N1. The first-order valence-corrected chi connectivity index (χ1v) is 23.1. The number of imide groups is 1. The maximum Gasteiger partial charge on any atom is 0.255 e. The highest BCUT2D eigenvalue weighted by molar-refractivity contribution is 7.13. The summed E-state index contributed by atoms with van der Waals surface area (Å²) in [5.41, 5.74) is 6.47. The van der Waals surface area contributed by atoms with E-state index in [9.17, 15) is 24.3 Å². The van der Waals surface area contributed by atoms with E-state index in [0.29, 0.717) is 41.7 Å². The molecule has 4 N–H and O–H groups in total. The van der Waals surface area contributed by atoms with Crippen molar-refractivity contribution in [3.63, 3.8) is 0 Å². The van der Waals surface area contributed by atoms with E-state index in [0.717, 1.165) is 94.1 Å². The Morgan fingerprint density at radius 1 is 0.906 bits per heavy atom. The minimum Gasteiger partial charge on any atom is -0.377 e. The highest BCUT2D eigenvalue weighted by Crippen LogP contribution is 2.38. The van der Waals surface area contributed by atoms with Gasteiger partial charge in [0.05, 0.1) is 18.6 Å². The lowest BCUT2D eigenvalue weighted by Crippen LogP contribution is -2.54. The van der Waals surface area contributed by atoms with E-state index in [4.69, 9.17) is 0 Å². The minimum absolute atomic E-state index is 0.0496. The van der Waals surface area contributed by atoms with Gasteiger partial charge < -0.3 is 24.8 Å². The number of amides is 4. The number of hydrogen-bond donors (Lipinski definition) is 4. The van der Waals surface area contributed by atoms with Crippen LogP contribution in [0.15, 0.2) is 78.6 Å². The van der Waals surface area contributed by atoms with Gasteiger partial charge in [0.2, 0.25) is 11.8 Å². The van der Waals surface area contributed by atoms with Crippen LogP contribution in [0, 0.1) is 5.82 Å². The first kappa shape index (κ1) is 42.0. The second kappa shape index (κ2) is 17.9. The molecule has 5 aromatic rings. The van der Waals surface area contributed by atoms with Crippen LogP contribution in [0.1, 0.15) is 76.9 Å². The molecule has 0 radical (unpaired) electrons. The predicted molar refractivity (Wildman–Crippen MR) is 240 cm³/mol. The van der Waals surface area contributed by atoms with Crippen molar-refractivity contribution in [2.75, 3.05) is 61.3 Å². The standard InChI is InChI=1S/C47H51FN10O5S/c48-37-25-32(24-35-36(37)26-58(46(35)63)43(45(62)53-47-49-15-23-64-47)42-39-2-1-16-57(39)28-50-42)30-5-9-34(10-6-30)55-19-21-56(22-20-55)41(60)27-54-17-13-31(14-18-54)29-3-7-33(8-4-29)51-38-11-12-40(59)52-44(38)61/h3-10,15,23-25,28,31,38,41,43,51,60H,1-2,11-14,16-22,26-27H2,(H,49,53,62)(H,52,59,61)/t38-,41?,43?/m1/s1. The lowest BCUT2D eigenvalue weighted by Gasteiger charge is -2.41. The number of nitrogens with one attached hydrogen (secondary N) is 3. The van der Waals surface area contributed by atoms with Crippen LogP contribution in [0.3, 0.4) is 0 Å². The molecule has 4 amide bonds. The summed E-state index contributed by atoms with van der Waals surface area (Å²) in [6.45, 7) is 6.10. The second-order valence-corrected chi connectivity index (χ2v) is 18.3. The maximum absolute atomic E-state index is 16.0. The molecule has 5 aliphatic heterocycles. The number of halogens is 1. The van der Waals surface area contributed by atoms with Gasteiger partial charge in [0.15, 0.2) is 11.2 Å². The summed E-state index contributed by atoms with van der Waals surface area (Å²) >= 11 is 1.28. The summed E-state index contributed by atoms with van der Waals surface area (Å²) in [7, 11) is 0. The smallest absolute Gasteiger partial charge is 0.255 e. The molecule has 5 aliphatic rings. The number of hydrogen-bond acceptors (Lipinski definition) is 12. The molecular weight excluding hydrogens is 836 g/mol. The zero-order valence-electron chi connectivity index (χ0n) is 35.4. The topological polar surface area (TPSA) is 168 Å². The van der Waals surface area contributed by atoms with Crippen LogP contribution in [0.25, 0.3) is 11.1 Å². The molecule has 17 heteroatoms. The van der Waals surface area contributed by atoms with E-state index in [-0.39, 0.29) is 29.5 Å². The Balaban J connectivity index is 0.721. The number of β-amino-alcohol motifs (C(OH)–C–C–N with tert-alkyl or cyclic N) is 1. The molecule has 64 heavy (non-hydrogen) atoms. The number of aliphatic hydroxyl groups excluding tert-OH is 1. The first-order chi connectivity index (χ1) is 31.1. The molecule has 3 aromatic carbocycles. The van der Waals surface area contributed by atoms with Crippen LogP contribution in [-0.4, -0.2) is 116 Å². The fourth-order valence-electron chi connectivity index (χ4n) is 9.99. The van der Waals surface area contributed by atoms with Crippen molar-refractivity contribution in [2.45, 2.75) is 75.8 Å². The average molecular weight is 887 g/mol. The van der Waals surface area contributed by atoms with E-state index in [1.165, 1.54) is 27.9 Å². The van der Waals surface area contributed by atoms with Crippen LogP contribution in [0.4, 0.5) is 20.9 Å². The van der Waals surface area contributed by atoms with E-state index in [1.807, 2.05) is 41.0 Å². The fraction of sp³-hybridized carbons (Fsp3) is 0.404. The van der Waals surface area contributed by atoms with Gasteiger partial charge >= 0.3 is 0 Å². The molecule has 10 rings (SSSR count). The van der Waals surface area contributed by atoms with Crippen molar-refractivity contribution in [1.29, 1.82) is 0 Å². The number of benzene rings is 3. The molecular formula is C47H51FN10O5S. The van der Waals surface area contributed by atoms with Gasteiger partial charge in [-0.3, -0.25) is 39.6 Å². The molecule has 7 heterocycles. The Labute approximate surface area is 374 Å². The van der Waals surface area contributed by atoms with Crippen molar-refractivity contribution >= 4 is 51.5 Å². The van der Waals surface area contributed by atoms with Crippen LogP contribution >= 0.6 is 11.3 Å². The highest BCUT2D eigenvalue weighted by Gasteiger charge is 2.42. The lowest BCUT2D eigenvalue weighted by molar-refractivity contribution is -0.133. The van der Waals surface area contributed by atoms with Crippen LogP contribution in [-0.2, 0) is 33.9 Å². The van der Waals surface area contributed by atoms with Gasteiger partial charge in [-0.25, -0.2) is 14.4 Å². The number of anilines is 3. The van der Waals surface area contributed by atoms with E-state index in [2.05, 4.69) is 52.8 Å². The number of rotatable bonds is 12. The highest BCUT2D eigenvalue weighted by atomic mass is 32.1. The zero-order valence-corrected chi connectivity index (χ0v) is 36.2. The van der Waals surface area contributed by atoms with Gasteiger partial charge in [0.25, 0.3) is 11.8 Å². The Bertz CT molecular complexity index is 2540. The number of fused-ring (bicyclic) bond motifs is 2. The molecule has 3 fully saturated rings. The Kier molecular flexibility index (Phi) is 11.7. The zero-order chi connectivity index (χ0) is 43.9. The normalized spacial score (nSPS) is 20.5. The molecule has 3 saturated heterocycles. The summed E-state index contributed by atoms with van der Waals surface area (Å²) in [6.07, 6.45) is 7.26. The third-order valence-electron chi connectivity index (χ3n) is 13.6. The fourth-order valence-corrected chi connectivity index (χ4v) is 10.5. The number of piperidine rings is 2. The number of thiazole rings is 1. The predicted octanol–water partition coefficient (Wildman–Crippen LogP) is 4.96. The largest absolute Gasteiger partial charge is 0.377 e. The molecule has 0 bridgehead atoms. The summed E-state index contributed by atoms with van der Waals surface area (Å²) in [5.74, 6) is -1.41. The van der Waals surface area contributed by atoms with Crippen molar-refractivity contribution in [2.24, 2.45) is 0 Å². The molecule has 2 aromatic heterocycles. The van der Waals surface area contributed by atoms with Crippen LogP contribution in [0.2, 0.25) is 0 Å². The molecule has 2 unspecified atom stereocenters. The van der Waals surface area contributed by atoms with Crippen molar-refractivity contribution in [3.05, 3.63) is 112 Å². The van der Waals surface area contributed by atoms with Crippen LogP contribution in [0.5, 0.6) is 0 Å². The van der Waals surface area contributed by atoms with Gasteiger partial charge in [0.1, 0.15) is 18.1 Å². The summed E-state index contributed by atoms with van der Waals surface area (Å²) in [5, 5.41) is 21.9. The number of carbonyl (C=O) groups excluding carboxylic acids is 4. The number of piperazine rings is 1. The van der Waals surface area contributed by atoms with Crippen LogP contribution < -0.4 is 20.9 Å². The third-order valence-corrected chi connectivity index (χ3v) is 14.2. The second-order valence-electron chi connectivity index (χ2n) is 17.4. The number of aryl methyl sites for hydroxylation is 1. The summed E-state index contributed by atoms with van der Waals surface area (Å²) in [4.78, 5) is 68.6. The van der Waals surface area contributed by atoms with Gasteiger partial charge in [-0.15, -0.1) is 11.3 Å². The monoisotopic (exact) mass is 886 g/mol. The number of aromatic nitrogens is 3. The van der Waals surface area contributed by atoms with Gasteiger partial charge in [-0.05, 0) is 104 Å². The summed E-state index contributed by atoms with van der Waals surface area (Å²) in [6, 6.07) is 17.9. The summed E-state index contributed by atoms with van der Waals surface area (Å²) < 4.78 is 18.0. The number of aliphatic hydroxyl groups is 1. The Morgan fingerprint density at radius 2 is 1.69 bits per heavy atom. The third kappa shape index (κ3) is 8.52. The average Bonchev–Trinajstić information content (AvgIpc) is 4.14. The van der Waals surface area contributed by atoms with Gasteiger partial charge in [0, 0.05) is 85.5 Å². The minimum atomic E-state index is -1.05. The maximum atomic E-state index is 16.0. The van der Waals surface area contributed by atoms with Crippen molar-refractivity contribution in [3.8, 4) is 11.1 Å². The number of carbonyl (C=O) groups is 4. The number of likely N-dealkylation sites (tertiary alicyclic amines) is 1.